The minimum atomic E-state index is -0.917. The van der Waals surface area contributed by atoms with E-state index < -0.39 is 11.6 Å². The lowest BCUT2D eigenvalue weighted by Gasteiger charge is -2.21. The third-order valence-electron chi connectivity index (χ3n) is 4.22. The van der Waals surface area contributed by atoms with Gasteiger partial charge in [0.05, 0.1) is 26.4 Å². The molecule has 1 aliphatic heterocycles. The first-order chi connectivity index (χ1) is 13.1. The summed E-state index contributed by atoms with van der Waals surface area (Å²) in [5.41, 5.74) is 0. The van der Waals surface area contributed by atoms with Gasteiger partial charge >= 0.3 is 0 Å². The zero-order valence-corrected chi connectivity index (χ0v) is 16.0. The van der Waals surface area contributed by atoms with Crippen LogP contribution in [0.25, 0.3) is 0 Å². The van der Waals surface area contributed by atoms with Gasteiger partial charge in [0, 0.05) is 38.7 Å². The molecule has 1 aromatic carbocycles. The number of ether oxygens (including phenoxy) is 3. The van der Waals surface area contributed by atoms with Crippen LogP contribution in [0.1, 0.15) is 13.3 Å². The summed E-state index contributed by atoms with van der Waals surface area (Å²) in [5.74, 6) is -0.191. The summed E-state index contributed by atoms with van der Waals surface area (Å²) in [5, 5.41) is 3.29. The van der Waals surface area contributed by atoms with E-state index in [2.05, 4.69) is 15.2 Å². The van der Waals surface area contributed by atoms with Crippen LogP contribution in [0, 0.1) is 17.6 Å². The van der Waals surface area contributed by atoms with Crippen molar-refractivity contribution < 1.29 is 23.0 Å². The molecule has 2 rings (SSSR count). The molecule has 1 heterocycles. The summed E-state index contributed by atoms with van der Waals surface area (Å²) in [4.78, 5) is 6.79. The molecule has 0 bridgehead atoms. The van der Waals surface area contributed by atoms with Gasteiger partial charge in [-0.25, -0.2) is 13.8 Å². The monoisotopic (exact) mass is 385 g/mol. The minimum Gasteiger partial charge on any atom is -0.492 e. The molecule has 0 saturated carbocycles. The maximum absolute atomic E-state index is 13.2. The highest BCUT2D eigenvalue weighted by Crippen LogP contribution is 2.17. The Hall–Kier alpha value is -1.93. The summed E-state index contributed by atoms with van der Waals surface area (Å²) in [7, 11) is 1.66. The van der Waals surface area contributed by atoms with Crippen molar-refractivity contribution in [3.8, 4) is 5.75 Å². The van der Waals surface area contributed by atoms with Crippen LogP contribution in [0.3, 0.4) is 0 Å². The molecule has 1 fully saturated rings. The Bertz CT molecular complexity index is 602. The molecular weight excluding hydrogens is 356 g/mol. The van der Waals surface area contributed by atoms with Gasteiger partial charge in [-0.15, -0.1) is 0 Å². The third kappa shape index (κ3) is 7.30. The number of hydrogen-bond acceptors (Lipinski definition) is 4. The van der Waals surface area contributed by atoms with Gasteiger partial charge in [0.25, 0.3) is 0 Å². The molecule has 8 heteroatoms. The number of rotatable bonds is 10. The zero-order chi connectivity index (χ0) is 19.5. The van der Waals surface area contributed by atoms with E-state index in [4.69, 9.17) is 14.2 Å². The molecule has 0 amide bonds. The van der Waals surface area contributed by atoms with E-state index in [9.17, 15) is 8.78 Å². The van der Waals surface area contributed by atoms with Gasteiger partial charge in [0.1, 0.15) is 12.4 Å². The number of guanidine groups is 1. The molecule has 1 N–H and O–H groups in total. The lowest BCUT2D eigenvalue weighted by Crippen LogP contribution is -2.40. The van der Waals surface area contributed by atoms with E-state index in [-0.39, 0.29) is 6.61 Å². The Morgan fingerprint density at radius 1 is 1.26 bits per heavy atom. The lowest BCUT2D eigenvalue weighted by molar-refractivity contribution is 0.0536. The molecular formula is C19H29F2N3O3. The lowest BCUT2D eigenvalue weighted by atomic mass is 10.1. The van der Waals surface area contributed by atoms with Crippen molar-refractivity contribution >= 4 is 5.96 Å². The molecule has 1 unspecified atom stereocenters. The molecule has 1 atom stereocenters. The number of aliphatic imine (C=N–C) groups is 1. The molecule has 1 saturated heterocycles. The first kappa shape index (κ1) is 21.4. The fourth-order valence-electron chi connectivity index (χ4n) is 2.86. The molecule has 152 valence electrons. The SMILES string of the molecule is CCNC(=NCCOc1ccc(F)c(F)c1)N1CCC(COCCOC)C1. The van der Waals surface area contributed by atoms with E-state index in [1.54, 1.807) is 7.11 Å². The summed E-state index contributed by atoms with van der Waals surface area (Å²) in [6.07, 6.45) is 1.06. The maximum atomic E-state index is 13.2. The van der Waals surface area contributed by atoms with E-state index in [1.807, 2.05) is 6.92 Å². The van der Waals surface area contributed by atoms with Crippen molar-refractivity contribution in [2.45, 2.75) is 13.3 Å². The largest absolute Gasteiger partial charge is 0.492 e. The van der Waals surface area contributed by atoms with Crippen LogP contribution in [0.4, 0.5) is 8.78 Å². The minimum absolute atomic E-state index is 0.289. The molecule has 0 spiro atoms. The number of nitrogens with zero attached hydrogens (tertiary/aromatic N) is 2. The van der Waals surface area contributed by atoms with Crippen molar-refractivity contribution in [3.63, 3.8) is 0 Å². The van der Waals surface area contributed by atoms with Gasteiger partial charge in [0.15, 0.2) is 17.6 Å². The Balaban J connectivity index is 1.77. The first-order valence-corrected chi connectivity index (χ1v) is 9.31. The Labute approximate surface area is 159 Å². The first-order valence-electron chi connectivity index (χ1n) is 9.31. The number of methoxy groups -OCH3 is 1. The van der Waals surface area contributed by atoms with Gasteiger partial charge < -0.3 is 24.4 Å². The van der Waals surface area contributed by atoms with Gasteiger partial charge in [-0.05, 0) is 25.5 Å². The van der Waals surface area contributed by atoms with E-state index in [0.29, 0.717) is 31.4 Å². The molecule has 1 aliphatic rings. The average molecular weight is 385 g/mol. The number of likely N-dealkylation sites (tertiary alicyclic amines) is 1. The van der Waals surface area contributed by atoms with Crippen LogP contribution in [0.2, 0.25) is 0 Å². The fourth-order valence-corrected chi connectivity index (χ4v) is 2.86. The average Bonchev–Trinajstić information content (AvgIpc) is 3.13. The highest BCUT2D eigenvalue weighted by atomic mass is 19.2. The number of halogens is 2. The number of nitrogens with one attached hydrogen (secondary N) is 1. The standard InChI is InChI=1S/C19H29F2N3O3/c1-3-22-19(24-8-6-15(13-24)14-26-11-10-25-2)23-7-9-27-16-4-5-17(20)18(21)12-16/h4-5,12,15H,3,6-11,13-14H2,1-2H3,(H,22,23). The smallest absolute Gasteiger partial charge is 0.194 e. The van der Waals surface area contributed by atoms with Gasteiger partial charge in [-0.3, -0.25) is 0 Å². The van der Waals surface area contributed by atoms with Crippen LogP contribution in [0.5, 0.6) is 5.75 Å². The highest BCUT2D eigenvalue weighted by Gasteiger charge is 2.24. The quantitative estimate of drug-likeness (QED) is 0.381. The Morgan fingerprint density at radius 2 is 2.11 bits per heavy atom. The van der Waals surface area contributed by atoms with Gasteiger partial charge in [-0.1, -0.05) is 0 Å². The van der Waals surface area contributed by atoms with E-state index in [0.717, 1.165) is 50.8 Å². The highest BCUT2D eigenvalue weighted by molar-refractivity contribution is 5.80. The van der Waals surface area contributed by atoms with Crippen molar-refractivity contribution in [1.29, 1.82) is 0 Å². The van der Waals surface area contributed by atoms with Crippen LogP contribution < -0.4 is 10.1 Å². The van der Waals surface area contributed by atoms with Crippen LogP contribution in [0.15, 0.2) is 23.2 Å². The predicted octanol–water partition coefficient (Wildman–Crippen LogP) is 2.29. The second kappa shape index (κ2) is 11.7. The summed E-state index contributed by atoms with van der Waals surface area (Å²) in [6, 6.07) is 3.50. The van der Waals surface area contributed by atoms with Gasteiger partial charge in [-0.2, -0.15) is 0 Å². The molecule has 0 aromatic heterocycles. The summed E-state index contributed by atoms with van der Waals surface area (Å²) in [6.45, 7) is 7.27. The van der Waals surface area contributed by atoms with Gasteiger partial charge in [0.2, 0.25) is 0 Å². The third-order valence-corrected chi connectivity index (χ3v) is 4.22. The topological polar surface area (TPSA) is 55.3 Å². The van der Waals surface area contributed by atoms with Crippen molar-refractivity contribution in [2.75, 3.05) is 59.7 Å². The Kier molecular flexibility index (Phi) is 9.27. The molecule has 0 aliphatic carbocycles. The zero-order valence-electron chi connectivity index (χ0n) is 16.0. The molecule has 27 heavy (non-hydrogen) atoms. The molecule has 0 radical (unpaired) electrons. The van der Waals surface area contributed by atoms with E-state index >= 15 is 0 Å². The van der Waals surface area contributed by atoms with Crippen LogP contribution in [-0.2, 0) is 9.47 Å². The predicted molar refractivity (Wildman–Crippen MR) is 100 cm³/mol. The number of hydrogen-bond donors (Lipinski definition) is 1. The summed E-state index contributed by atoms with van der Waals surface area (Å²) < 4.78 is 42.1. The molecule has 1 aromatic rings. The van der Waals surface area contributed by atoms with Crippen molar-refractivity contribution in [3.05, 3.63) is 29.8 Å². The van der Waals surface area contributed by atoms with Crippen LogP contribution >= 0.6 is 0 Å². The second-order valence-corrected chi connectivity index (χ2v) is 6.33. The number of benzene rings is 1. The normalized spacial score (nSPS) is 17.4. The Morgan fingerprint density at radius 3 is 2.85 bits per heavy atom. The van der Waals surface area contributed by atoms with Crippen LogP contribution in [-0.4, -0.2) is 70.6 Å². The summed E-state index contributed by atoms with van der Waals surface area (Å²) >= 11 is 0. The second-order valence-electron chi connectivity index (χ2n) is 6.33. The molecule has 6 nitrogen and oxygen atoms in total. The van der Waals surface area contributed by atoms with E-state index in [1.165, 1.54) is 6.07 Å². The maximum Gasteiger partial charge on any atom is 0.194 e. The van der Waals surface area contributed by atoms with Crippen molar-refractivity contribution in [2.24, 2.45) is 10.9 Å². The fraction of sp³-hybridized carbons (Fsp3) is 0.632. The van der Waals surface area contributed by atoms with Crippen molar-refractivity contribution in [1.82, 2.24) is 10.2 Å².